The summed E-state index contributed by atoms with van der Waals surface area (Å²) in [5, 5.41) is 6.79. The number of nitrogens with one attached hydrogen (secondary N) is 2. The van der Waals surface area contributed by atoms with E-state index in [-0.39, 0.29) is 11.6 Å². The highest BCUT2D eigenvalue weighted by atomic mass is 16.5. The molecule has 2 rings (SSSR count). The van der Waals surface area contributed by atoms with Crippen LogP contribution in [0.5, 0.6) is 5.88 Å². The molecule has 0 aliphatic carbocycles. The maximum Gasteiger partial charge on any atom is 0.213 e. The van der Waals surface area contributed by atoms with Crippen LogP contribution in [0.3, 0.4) is 0 Å². The van der Waals surface area contributed by atoms with Gasteiger partial charge in [0.25, 0.3) is 0 Å². The van der Waals surface area contributed by atoms with Crippen LogP contribution in [0, 0.1) is 0 Å². The highest BCUT2D eigenvalue weighted by molar-refractivity contribution is 5.79. The molecule has 0 aromatic carbocycles. The molecule has 27 heavy (non-hydrogen) atoms. The summed E-state index contributed by atoms with van der Waals surface area (Å²) in [7, 11) is 0. The van der Waals surface area contributed by atoms with Gasteiger partial charge in [0, 0.05) is 44.0 Å². The summed E-state index contributed by atoms with van der Waals surface area (Å²) in [6.07, 6.45) is 1.95. The third kappa shape index (κ3) is 7.34. The number of ether oxygens (including phenoxy) is 2. The predicted octanol–water partition coefficient (Wildman–Crippen LogP) is 2.03. The third-order valence-electron chi connectivity index (χ3n) is 4.47. The van der Waals surface area contributed by atoms with Crippen molar-refractivity contribution in [2.75, 3.05) is 39.4 Å². The molecule has 0 bridgehead atoms. The molecule has 2 N–H and O–H groups in total. The van der Waals surface area contributed by atoms with E-state index in [9.17, 15) is 0 Å². The second-order valence-electron chi connectivity index (χ2n) is 7.63. The average molecular weight is 378 g/mol. The van der Waals surface area contributed by atoms with Gasteiger partial charge in [-0.05, 0) is 40.2 Å². The minimum Gasteiger partial charge on any atom is -0.475 e. The maximum atomic E-state index is 5.58. The van der Waals surface area contributed by atoms with Gasteiger partial charge in [0.1, 0.15) is 0 Å². The molecule has 1 aliphatic heterocycles. The summed E-state index contributed by atoms with van der Waals surface area (Å²) in [6, 6.07) is 3.90. The predicted molar refractivity (Wildman–Crippen MR) is 109 cm³/mol. The van der Waals surface area contributed by atoms with Crippen molar-refractivity contribution in [1.29, 1.82) is 0 Å². The van der Waals surface area contributed by atoms with Gasteiger partial charge < -0.3 is 20.1 Å². The summed E-state index contributed by atoms with van der Waals surface area (Å²) in [5.41, 5.74) is 1.09. The first kappa shape index (κ1) is 21.4. The summed E-state index contributed by atoms with van der Waals surface area (Å²) < 4.78 is 11.0. The number of guanidine groups is 1. The molecule has 2 heterocycles. The quantitative estimate of drug-likeness (QED) is 0.534. The van der Waals surface area contributed by atoms with Gasteiger partial charge in [-0.2, -0.15) is 0 Å². The Morgan fingerprint density at radius 2 is 2.04 bits per heavy atom. The van der Waals surface area contributed by atoms with Gasteiger partial charge in [-0.1, -0.05) is 6.07 Å². The van der Waals surface area contributed by atoms with Crippen molar-refractivity contribution in [3.05, 3.63) is 23.9 Å². The molecule has 1 aromatic rings. The molecule has 1 saturated heterocycles. The number of aromatic nitrogens is 1. The van der Waals surface area contributed by atoms with Gasteiger partial charge in [-0.3, -0.25) is 4.90 Å². The van der Waals surface area contributed by atoms with Crippen LogP contribution in [0.4, 0.5) is 0 Å². The van der Waals surface area contributed by atoms with E-state index < -0.39 is 0 Å². The highest BCUT2D eigenvalue weighted by Gasteiger charge is 2.28. The van der Waals surface area contributed by atoms with Crippen LogP contribution < -0.4 is 15.4 Å². The first-order chi connectivity index (χ1) is 12.9. The Kier molecular flexibility index (Phi) is 8.31. The Bertz CT molecular complexity index is 581. The van der Waals surface area contributed by atoms with Crippen molar-refractivity contribution in [1.82, 2.24) is 20.5 Å². The lowest BCUT2D eigenvalue weighted by atomic mass is 10.0. The molecule has 1 aromatic heterocycles. The number of rotatable bonds is 8. The van der Waals surface area contributed by atoms with Crippen molar-refractivity contribution in [3.8, 4) is 5.88 Å². The zero-order chi connectivity index (χ0) is 19.7. The second-order valence-corrected chi connectivity index (χ2v) is 7.63. The van der Waals surface area contributed by atoms with Gasteiger partial charge in [-0.25, -0.2) is 9.98 Å². The lowest BCUT2D eigenvalue weighted by Crippen LogP contribution is -2.56. The Labute approximate surface area is 163 Å². The lowest BCUT2D eigenvalue weighted by Gasteiger charge is -2.41. The van der Waals surface area contributed by atoms with Crippen LogP contribution in [0.2, 0.25) is 0 Å². The van der Waals surface area contributed by atoms with Gasteiger partial charge in [-0.15, -0.1) is 0 Å². The molecule has 0 amide bonds. The smallest absolute Gasteiger partial charge is 0.213 e. The van der Waals surface area contributed by atoms with Gasteiger partial charge in [0.05, 0.1) is 25.9 Å². The molecule has 0 unspecified atom stereocenters. The Morgan fingerprint density at radius 1 is 1.30 bits per heavy atom. The molecular weight excluding hydrogens is 342 g/mol. The monoisotopic (exact) mass is 377 g/mol. The van der Waals surface area contributed by atoms with Crippen molar-refractivity contribution in [2.24, 2.45) is 4.99 Å². The van der Waals surface area contributed by atoms with E-state index in [2.05, 4.69) is 41.3 Å². The largest absolute Gasteiger partial charge is 0.475 e. The summed E-state index contributed by atoms with van der Waals surface area (Å²) >= 11 is 0. The third-order valence-corrected chi connectivity index (χ3v) is 4.47. The Hall–Kier alpha value is -1.86. The molecule has 0 atom stereocenters. The summed E-state index contributed by atoms with van der Waals surface area (Å²) in [5.74, 6) is 1.47. The van der Waals surface area contributed by atoms with E-state index in [0.29, 0.717) is 12.4 Å². The van der Waals surface area contributed by atoms with Crippen molar-refractivity contribution >= 4 is 5.96 Å². The SMILES string of the molecule is CCNC(=NCc1ccc(OC(C)C)nc1)NCC(C)(C)N1CCOCC1. The summed E-state index contributed by atoms with van der Waals surface area (Å²) in [6.45, 7) is 16.3. The minimum absolute atomic E-state index is 0.0390. The minimum atomic E-state index is 0.0390. The van der Waals surface area contributed by atoms with E-state index >= 15 is 0 Å². The molecule has 7 nitrogen and oxygen atoms in total. The fraction of sp³-hybridized carbons (Fsp3) is 0.700. The molecule has 0 saturated carbocycles. The molecule has 0 spiro atoms. The van der Waals surface area contributed by atoms with Gasteiger partial charge in [0.15, 0.2) is 5.96 Å². The Morgan fingerprint density at radius 3 is 2.63 bits per heavy atom. The Balaban J connectivity index is 1.91. The second kappa shape index (κ2) is 10.5. The fourth-order valence-electron chi connectivity index (χ4n) is 2.91. The van der Waals surface area contributed by atoms with E-state index in [1.807, 2.05) is 32.2 Å². The first-order valence-corrected chi connectivity index (χ1v) is 9.87. The van der Waals surface area contributed by atoms with Crippen LogP contribution >= 0.6 is 0 Å². The number of pyridine rings is 1. The fourth-order valence-corrected chi connectivity index (χ4v) is 2.91. The van der Waals surface area contributed by atoms with Gasteiger partial charge in [0.2, 0.25) is 5.88 Å². The highest BCUT2D eigenvalue weighted by Crippen LogP contribution is 2.15. The zero-order valence-electron chi connectivity index (χ0n) is 17.4. The van der Waals surface area contributed by atoms with Crippen molar-refractivity contribution in [2.45, 2.75) is 52.8 Å². The van der Waals surface area contributed by atoms with Crippen LogP contribution in [0.1, 0.15) is 40.2 Å². The molecule has 7 heteroatoms. The molecule has 1 aliphatic rings. The van der Waals surface area contributed by atoms with E-state index in [4.69, 9.17) is 14.5 Å². The first-order valence-electron chi connectivity index (χ1n) is 9.87. The molecular formula is C20H35N5O2. The van der Waals surface area contributed by atoms with Crippen LogP contribution in [-0.4, -0.2) is 66.9 Å². The number of nitrogens with zero attached hydrogens (tertiary/aromatic N) is 3. The maximum absolute atomic E-state index is 5.58. The number of hydrogen-bond donors (Lipinski definition) is 2. The molecule has 1 fully saturated rings. The topological polar surface area (TPSA) is 71.0 Å². The van der Waals surface area contributed by atoms with Crippen LogP contribution in [-0.2, 0) is 11.3 Å². The number of morpholine rings is 1. The van der Waals surface area contributed by atoms with Gasteiger partial charge >= 0.3 is 0 Å². The number of hydrogen-bond acceptors (Lipinski definition) is 5. The molecule has 0 radical (unpaired) electrons. The van der Waals surface area contributed by atoms with E-state index in [1.54, 1.807) is 0 Å². The average Bonchev–Trinajstić information content (AvgIpc) is 2.65. The van der Waals surface area contributed by atoms with E-state index in [0.717, 1.165) is 50.9 Å². The number of aliphatic imine (C=N–C) groups is 1. The molecule has 152 valence electrons. The van der Waals surface area contributed by atoms with Crippen LogP contribution in [0.25, 0.3) is 0 Å². The summed E-state index contributed by atoms with van der Waals surface area (Å²) in [4.78, 5) is 11.5. The van der Waals surface area contributed by atoms with E-state index in [1.165, 1.54) is 0 Å². The zero-order valence-corrected chi connectivity index (χ0v) is 17.4. The van der Waals surface area contributed by atoms with Crippen LogP contribution in [0.15, 0.2) is 23.3 Å². The van der Waals surface area contributed by atoms with Crippen molar-refractivity contribution < 1.29 is 9.47 Å². The van der Waals surface area contributed by atoms with Crippen molar-refractivity contribution in [3.63, 3.8) is 0 Å². The standard InChI is InChI=1S/C20H35N5O2/c1-6-21-19(24-15-20(4,5)25-9-11-26-12-10-25)23-14-17-7-8-18(22-13-17)27-16(2)3/h7-8,13,16H,6,9-12,14-15H2,1-5H3,(H2,21,23,24). The lowest BCUT2D eigenvalue weighted by molar-refractivity contribution is -0.00834. The normalized spacial score (nSPS) is 16.4.